The second-order valence-corrected chi connectivity index (χ2v) is 5.81. The van der Waals surface area contributed by atoms with E-state index in [-0.39, 0.29) is 18.3 Å². The lowest BCUT2D eigenvalue weighted by Crippen LogP contribution is -2.41. The molecule has 1 atom stereocenters. The minimum absolute atomic E-state index is 0.146. The van der Waals surface area contributed by atoms with Gasteiger partial charge in [0.1, 0.15) is 0 Å². The smallest absolute Gasteiger partial charge is 0.400 e. The van der Waals surface area contributed by atoms with Crippen LogP contribution in [0.1, 0.15) is 47.5 Å². The molecule has 84 valence electrons. The zero-order valence-corrected chi connectivity index (χ0v) is 10.5. The molecular formula is C12H21BO2. The molecule has 2 rings (SSSR count). The van der Waals surface area contributed by atoms with Crippen molar-refractivity contribution < 1.29 is 9.31 Å². The van der Waals surface area contributed by atoms with Gasteiger partial charge in [0.15, 0.2) is 0 Å². The Morgan fingerprint density at radius 1 is 1.20 bits per heavy atom. The van der Waals surface area contributed by atoms with E-state index < -0.39 is 0 Å². The third kappa shape index (κ3) is 1.87. The number of hydrogen-bond donors (Lipinski definition) is 0. The van der Waals surface area contributed by atoms with Crippen LogP contribution in [0.15, 0.2) is 11.5 Å². The average molecular weight is 208 g/mol. The van der Waals surface area contributed by atoms with Gasteiger partial charge in [0.2, 0.25) is 0 Å². The van der Waals surface area contributed by atoms with Crippen LogP contribution in [-0.2, 0) is 9.31 Å². The summed E-state index contributed by atoms with van der Waals surface area (Å²) in [7, 11) is -0.146. The fraction of sp³-hybridized carbons (Fsp3) is 0.833. The summed E-state index contributed by atoms with van der Waals surface area (Å²) in [6, 6.07) is 0. The molecule has 1 saturated carbocycles. The number of allylic oxidation sites excluding steroid dienone is 1. The maximum Gasteiger partial charge on any atom is 0.487 e. The van der Waals surface area contributed by atoms with Gasteiger partial charge in [-0.3, -0.25) is 0 Å². The summed E-state index contributed by atoms with van der Waals surface area (Å²) < 4.78 is 11.8. The summed E-state index contributed by atoms with van der Waals surface area (Å²) in [5.41, 5.74) is 1.08. The first-order valence-corrected chi connectivity index (χ1v) is 5.88. The molecule has 0 aromatic heterocycles. The van der Waals surface area contributed by atoms with E-state index in [0.29, 0.717) is 0 Å². The maximum atomic E-state index is 5.92. The molecule has 2 nitrogen and oxygen atoms in total. The van der Waals surface area contributed by atoms with Crippen molar-refractivity contribution in [3.63, 3.8) is 0 Å². The summed E-state index contributed by atoms with van der Waals surface area (Å²) in [6.07, 6.45) is 2.52. The molecule has 1 saturated heterocycles. The molecule has 0 aromatic carbocycles. The van der Waals surface area contributed by atoms with Crippen LogP contribution in [-0.4, -0.2) is 18.3 Å². The van der Waals surface area contributed by atoms with Gasteiger partial charge in [0.25, 0.3) is 0 Å². The molecule has 1 aliphatic heterocycles. The minimum atomic E-state index is -0.207. The van der Waals surface area contributed by atoms with E-state index in [4.69, 9.17) is 9.31 Å². The van der Waals surface area contributed by atoms with Crippen LogP contribution in [0.5, 0.6) is 0 Å². The normalized spacial score (nSPS) is 35.7. The van der Waals surface area contributed by atoms with Crippen molar-refractivity contribution in [2.75, 3.05) is 0 Å². The topological polar surface area (TPSA) is 18.5 Å². The van der Waals surface area contributed by atoms with Gasteiger partial charge < -0.3 is 9.31 Å². The first-order chi connectivity index (χ1) is 6.82. The van der Waals surface area contributed by atoms with Gasteiger partial charge in [0, 0.05) is 0 Å². The summed E-state index contributed by atoms with van der Waals surface area (Å²) in [6.45, 7) is 10.6. The molecule has 1 aliphatic carbocycles. The van der Waals surface area contributed by atoms with Crippen LogP contribution in [0.4, 0.5) is 0 Å². The Bertz CT molecular complexity index is 278. The molecule has 0 spiro atoms. The molecule has 1 heterocycles. The second kappa shape index (κ2) is 3.36. The van der Waals surface area contributed by atoms with Crippen LogP contribution in [0, 0.1) is 5.92 Å². The largest absolute Gasteiger partial charge is 0.487 e. The first kappa shape index (κ1) is 11.2. The first-order valence-electron chi connectivity index (χ1n) is 5.88. The van der Waals surface area contributed by atoms with Crippen molar-refractivity contribution in [3.05, 3.63) is 11.5 Å². The van der Waals surface area contributed by atoms with Crippen molar-refractivity contribution in [1.82, 2.24) is 0 Å². The monoisotopic (exact) mass is 208 g/mol. The van der Waals surface area contributed by atoms with Gasteiger partial charge >= 0.3 is 7.12 Å². The van der Waals surface area contributed by atoms with Crippen LogP contribution in [0.25, 0.3) is 0 Å². The molecular weight excluding hydrogens is 187 g/mol. The molecule has 3 heteroatoms. The molecule has 1 unspecified atom stereocenters. The number of hydrogen-bond acceptors (Lipinski definition) is 2. The van der Waals surface area contributed by atoms with Crippen molar-refractivity contribution in [2.24, 2.45) is 5.92 Å². The van der Waals surface area contributed by atoms with Crippen molar-refractivity contribution in [3.8, 4) is 0 Å². The molecule has 0 bridgehead atoms. The van der Waals surface area contributed by atoms with E-state index in [0.717, 1.165) is 5.92 Å². The summed E-state index contributed by atoms with van der Waals surface area (Å²) >= 11 is 0. The Hall–Kier alpha value is -0.275. The van der Waals surface area contributed by atoms with E-state index in [2.05, 4.69) is 40.6 Å². The molecule has 0 radical (unpaired) electrons. The van der Waals surface area contributed by atoms with E-state index in [1.54, 1.807) is 0 Å². The van der Waals surface area contributed by atoms with Gasteiger partial charge in [-0.1, -0.05) is 18.5 Å². The molecule has 2 fully saturated rings. The summed E-state index contributed by atoms with van der Waals surface area (Å²) in [5.74, 6) is 2.90. The molecule has 2 aliphatic rings. The lowest BCUT2D eigenvalue weighted by atomic mass is 9.74. The fourth-order valence-corrected chi connectivity index (χ4v) is 1.98. The summed E-state index contributed by atoms with van der Waals surface area (Å²) in [5, 5.41) is 0. The third-order valence-electron chi connectivity index (χ3n) is 4.12. The third-order valence-corrected chi connectivity index (χ3v) is 4.12. The fourth-order valence-electron chi connectivity index (χ4n) is 1.98. The Kier molecular flexibility index (Phi) is 2.51. The Labute approximate surface area is 93.2 Å². The van der Waals surface area contributed by atoms with Crippen LogP contribution >= 0.6 is 0 Å². The van der Waals surface area contributed by atoms with Crippen LogP contribution < -0.4 is 0 Å². The van der Waals surface area contributed by atoms with Gasteiger partial charge in [0.05, 0.1) is 11.2 Å². The van der Waals surface area contributed by atoms with Gasteiger partial charge in [-0.15, -0.1) is 0 Å². The predicted octanol–water partition coefficient (Wildman–Crippen LogP) is 2.97. The Morgan fingerprint density at radius 2 is 1.73 bits per heavy atom. The molecule has 0 amide bonds. The highest BCUT2D eigenvalue weighted by atomic mass is 16.7. The molecule has 0 N–H and O–H groups in total. The Balaban J connectivity index is 2.07. The molecule has 0 aromatic rings. The highest BCUT2D eigenvalue weighted by Gasteiger charge is 2.50. The van der Waals surface area contributed by atoms with Crippen molar-refractivity contribution in [2.45, 2.75) is 58.7 Å². The lowest BCUT2D eigenvalue weighted by molar-refractivity contribution is 0.00578. The standard InChI is InChI=1S/C12H21BO2/c1-9-6-7-10(9)8-13-14-11(2,3)12(4,5)15-13/h8-9H,6-7H2,1-5H3/b10-8+. The zero-order valence-electron chi connectivity index (χ0n) is 10.5. The van der Waals surface area contributed by atoms with E-state index in [1.807, 2.05) is 0 Å². The van der Waals surface area contributed by atoms with Crippen LogP contribution in [0.3, 0.4) is 0 Å². The minimum Gasteiger partial charge on any atom is -0.400 e. The van der Waals surface area contributed by atoms with E-state index in [1.165, 1.54) is 18.4 Å². The Morgan fingerprint density at radius 3 is 2.07 bits per heavy atom. The van der Waals surface area contributed by atoms with Crippen molar-refractivity contribution >= 4 is 7.12 Å². The van der Waals surface area contributed by atoms with E-state index >= 15 is 0 Å². The van der Waals surface area contributed by atoms with Gasteiger partial charge in [-0.05, 0) is 46.5 Å². The zero-order chi connectivity index (χ0) is 11.3. The number of rotatable bonds is 1. The van der Waals surface area contributed by atoms with Gasteiger partial charge in [-0.2, -0.15) is 0 Å². The van der Waals surface area contributed by atoms with E-state index in [9.17, 15) is 0 Å². The second-order valence-electron chi connectivity index (χ2n) is 5.81. The average Bonchev–Trinajstić information content (AvgIpc) is 2.29. The maximum absolute atomic E-state index is 5.92. The molecule has 15 heavy (non-hydrogen) atoms. The van der Waals surface area contributed by atoms with Crippen molar-refractivity contribution in [1.29, 1.82) is 0 Å². The summed E-state index contributed by atoms with van der Waals surface area (Å²) in [4.78, 5) is 0. The van der Waals surface area contributed by atoms with Crippen LogP contribution in [0.2, 0.25) is 0 Å². The van der Waals surface area contributed by atoms with Gasteiger partial charge in [-0.25, -0.2) is 0 Å². The highest BCUT2D eigenvalue weighted by Crippen LogP contribution is 2.39. The SMILES string of the molecule is CC1CC/C1=C\B1OC(C)(C)C(C)(C)O1. The lowest BCUT2D eigenvalue weighted by Gasteiger charge is -2.32. The highest BCUT2D eigenvalue weighted by molar-refractivity contribution is 6.51. The quantitative estimate of drug-likeness (QED) is 0.616. The predicted molar refractivity (Wildman–Crippen MR) is 62.6 cm³/mol.